The van der Waals surface area contributed by atoms with Crippen LogP contribution in [0, 0.1) is 5.92 Å². The van der Waals surface area contributed by atoms with Gasteiger partial charge in [-0.15, -0.1) is 0 Å². The number of hydrogen-bond acceptors (Lipinski definition) is 3. The molecule has 2 rings (SSSR count). The molecule has 1 aromatic rings. The second kappa shape index (κ2) is 3.20. The Hall–Kier alpha value is -1.32. The highest BCUT2D eigenvalue weighted by atomic mass is 16.5. The Bertz CT molecular complexity index is 314. The summed E-state index contributed by atoms with van der Waals surface area (Å²) in [5.41, 5.74) is 0.722. The minimum absolute atomic E-state index is 0.0194. The summed E-state index contributed by atoms with van der Waals surface area (Å²) in [6.45, 7) is 0. The summed E-state index contributed by atoms with van der Waals surface area (Å²) in [7, 11) is 0. The molecule has 4 nitrogen and oxygen atoms in total. The second-order valence-corrected chi connectivity index (χ2v) is 3.49. The third kappa shape index (κ3) is 2.08. The van der Waals surface area contributed by atoms with Gasteiger partial charge in [-0.1, -0.05) is 5.16 Å². The highest BCUT2D eigenvalue weighted by Gasteiger charge is 2.25. The molecule has 0 atom stereocenters. The van der Waals surface area contributed by atoms with Gasteiger partial charge in [0.1, 0.15) is 5.76 Å². The first kappa shape index (κ1) is 8.29. The molecule has 1 heterocycles. The lowest BCUT2D eigenvalue weighted by Crippen LogP contribution is -2.01. The van der Waals surface area contributed by atoms with Gasteiger partial charge in [0.2, 0.25) is 0 Å². The average Bonchev–Trinajstić information content (AvgIpc) is 2.75. The normalized spacial score (nSPS) is 16.0. The molecule has 4 heteroatoms. The molecule has 1 aromatic heterocycles. The van der Waals surface area contributed by atoms with E-state index < -0.39 is 5.97 Å². The van der Waals surface area contributed by atoms with E-state index in [2.05, 4.69) is 5.16 Å². The van der Waals surface area contributed by atoms with Crippen LogP contribution in [0.1, 0.15) is 24.2 Å². The minimum Gasteiger partial charge on any atom is -0.481 e. The lowest BCUT2D eigenvalue weighted by atomic mass is 10.1. The quantitative estimate of drug-likeness (QED) is 0.759. The molecule has 0 saturated heterocycles. The molecule has 0 spiro atoms. The van der Waals surface area contributed by atoms with Crippen molar-refractivity contribution in [3.8, 4) is 0 Å². The van der Waals surface area contributed by atoms with Crippen molar-refractivity contribution in [3.63, 3.8) is 0 Å². The summed E-state index contributed by atoms with van der Waals surface area (Å²) in [5, 5.41) is 12.2. The van der Waals surface area contributed by atoms with Gasteiger partial charge in [-0.2, -0.15) is 0 Å². The maximum Gasteiger partial charge on any atom is 0.308 e. The van der Waals surface area contributed by atoms with E-state index in [1.165, 1.54) is 19.0 Å². The molecule has 0 bridgehead atoms. The van der Waals surface area contributed by atoms with E-state index in [1.807, 2.05) is 0 Å². The fourth-order valence-corrected chi connectivity index (χ4v) is 1.34. The molecule has 1 aliphatic carbocycles. The largest absolute Gasteiger partial charge is 0.481 e. The fourth-order valence-electron chi connectivity index (χ4n) is 1.34. The number of carboxylic acids is 1. The Morgan fingerprint density at radius 2 is 2.46 bits per heavy atom. The smallest absolute Gasteiger partial charge is 0.308 e. The van der Waals surface area contributed by atoms with Crippen molar-refractivity contribution in [2.45, 2.75) is 25.7 Å². The molecule has 70 valence electrons. The number of carbonyl (C=O) groups is 1. The molecule has 1 fully saturated rings. The van der Waals surface area contributed by atoms with Crippen molar-refractivity contribution in [2.75, 3.05) is 0 Å². The van der Waals surface area contributed by atoms with Crippen LogP contribution in [0.15, 0.2) is 10.7 Å². The predicted molar refractivity (Wildman–Crippen MR) is 44.3 cm³/mol. The van der Waals surface area contributed by atoms with E-state index in [9.17, 15) is 4.79 Å². The highest BCUT2D eigenvalue weighted by molar-refractivity contribution is 5.70. The zero-order valence-corrected chi connectivity index (χ0v) is 7.19. The standard InChI is InChI=1S/C9H11NO3/c11-9(12)4-7-5-10-13-8(7)3-6-1-2-6/h5-6H,1-4H2,(H,11,12). The third-order valence-corrected chi connectivity index (χ3v) is 2.24. The number of rotatable bonds is 4. The summed E-state index contributed by atoms with van der Waals surface area (Å²) in [6.07, 6.45) is 4.83. The van der Waals surface area contributed by atoms with E-state index in [4.69, 9.17) is 9.63 Å². The molecule has 1 aliphatic rings. The van der Waals surface area contributed by atoms with Crippen molar-refractivity contribution < 1.29 is 14.4 Å². The number of carboxylic acid groups (broad SMARTS) is 1. The molecular formula is C9H11NO3. The first-order chi connectivity index (χ1) is 6.25. The first-order valence-electron chi connectivity index (χ1n) is 4.40. The first-order valence-corrected chi connectivity index (χ1v) is 4.40. The van der Waals surface area contributed by atoms with Crippen LogP contribution in [0.2, 0.25) is 0 Å². The molecule has 0 unspecified atom stereocenters. The van der Waals surface area contributed by atoms with Crippen molar-refractivity contribution >= 4 is 5.97 Å². The zero-order valence-electron chi connectivity index (χ0n) is 7.19. The summed E-state index contributed by atoms with van der Waals surface area (Å²) >= 11 is 0. The summed E-state index contributed by atoms with van der Waals surface area (Å²) in [5.74, 6) is 0.616. The van der Waals surface area contributed by atoms with Gasteiger partial charge in [0.05, 0.1) is 12.6 Å². The van der Waals surface area contributed by atoms with Crippen LogP contribution < -0.4 is 0 Å². The molecule has 0 aliphatic heterocycles. The van der Waals surface area contributed by atoms with E-state index in [1.54, 1.807) is 0 Å². The number of aliphatic carboxylic acids is 1. The molecule has 13 heavy (non-hydrogen) atoms. The third-order valence-electron chi connectivity index (χ3n) is 2.24. The summed E-state index contributed by atoms with van der Waals surface area (Å²) in [6, 6.07) is 0. The van der Waals surface area contributed by atoms with Gasteiger partial charge < -0.3 is 9.63 Å². The van der Waals surface area contributed by atoms with Crippen molar-refractivity contribution in [1.29, 1.82) is 0 Å². The lowest BCUT2D eigenvalue weighted by Gasteiger charge is -1.95. The van der Waals surface area contributed by atoms with E-state index >= 15 is 0 Å². The number of hydrogen-bond donors (Lipinski definition) is 1. The number of aromatic nitrogens is 1. The van der Waals surface area contributed by atoms with Gasteiger partial charge in [0.15, 0.2) is 0 Å². The van der Waals surface area contributed by atoms with Crippen LogP contribution in [-0.4, -0.2) is 16.2 Å². The molecule has 0 radical (unpaired) electrons. The van der Waals surface area contributed by atoms with Gasteiger partial charge in [-0.05, 0) is 18.8 Å². The minimum atomic E-state index is -0.833. The Morgan fingerprint density at radius 1 is 1.69 bits per heavy atom. The van der Waals surface area contributed by atoms with Crippen molar-refractivity contribution in [3.05, 3.63) is 17.5 Å². The van der Waals surface area contributed by atoms with Gasteiger partial charge in [0.25, 0.3) is 0 Å². The van der Waals surface area contributed by atoms with Gasteiger partial charge in [-0.3, -0.25) is 4.79 Å². The van der Waals surface area contributed by atoms with Crippen LogP contribution in [0.25, 0.3) is 0 Å². The Morgan fingerprint density at radius 3 is 3.08 bits per heavy atom. The topological polar surface area (TPSA) is 63.3 Å². The number of nitrogens with zero attached hydrogens (tertiary/aromatic N) is 1. The van der Waals surface area contributed by atoms with Gasteiger partial charge in [0, 0.05) is 12.0 Å². The molecular weight excluding hydrogens is 170 g/mol. The van der Waals surface area contributed by atoms with Crippen LogP contribution >= 0.6 is 0 Å². The summed E-state index contributed by atoms with van der Waals surface area (Å²) < 4.78 is 5.00. The van der Waals surface area contributed by atoms with Crippen molar-refractivity contribution in [2.24, 2.45) is 5.92 Å². The van der Waals surface area contributed by atoms with Crippen molar-refractivity contribution in [1.82, 2.24) is 5.16 Å². The highest BCUT2D eigenvalue weighted by Crippen LogP contribution is 2.33. The van der Waals surface area contributed by atoms with E-state index in [0.29, 0.717) is 5.92 Å². The Balaban J connectivity index is 2.05. The molecule has 1 N–H and O–H groups in total. The average molecular weight is 181 g/mol. The zero-order chi connectivity index (χ0) is 9.26. The maximum absolute atomic E-state index is 10.5. The maximum atomic E-state index is 10.5. The fraction of sp³-hybridized carbons (Fsp3) is 0.556. The Labute approximate surface area is 75.5 Å². The SMILES string of the molecule is O=C(O)Cc1cnoc1CC1CC1. The van der Waals surface area contributed by atoms with Crippen LogP contribution in [0.4, 0.5) is 0 Å². The van der Waals surface area contributed by atoms with Gasteiger partial charge in [-0.25, -0.2) is 0 Å². The summed E-state index contributed by atoms with van der Waals surface area (Å²) in [4.78, 5) is 10.5. The molecule has 1 saturated carbocycles. The Kier molecular flexibility index (Phi) is 2.04. The molecule has 0 aromatic carbocycles. The second-order valence-electron chi connectivity index (χ2n) is 3.49. The lowest BCUT2D eigenvalue weighted by molar-refractivity contribution is -0.136. The van der Waals surface area contributed by atoms with E-state index in [0.717, 1.165) is 17.7 Å². The van der Waals surface area contributed by atoms with E-state index in [-0.39, 0.29) is 6.42 Å². The van der Waals surface area contributed by atoms with Gasteiger partial charge >= 0.3 is 5.97 Å². The molecule has 0 amide bonds. The van der Waals surface area contributed by atoms with Crippen LogP contribution in [-0.2, 0) is 17.6 Å². The monoisotopic (exact) mass is 181 g/mol. The predicted octanol–water partition coefficient (Wildman–Crippen LogP) is 1.25. The van der Waals surface area contributed by atoms with Crippen LogP contribution in [0.3, 0.4) is 0 Å². The van der Waals surface area contributed by atoms with Crippen LogP contribution in [0.5, 0.6) is 0 Å².